The summed E-state index contributed by atoms with van der Waals surface area (Å²) in [6, 6.07) is -0.587. The molecule has 0 amide bonds. The third kappa shape index (κ3) is 11.2. The lowest BCUT2D eigenvalue weighted by molar-refractivity contribution is -0.318. The second-order valence-electron chi connectivity index (χ2n) is 17.4. The maximum atomic E-state index is 14.2. The Bertz CT molecular complexity index is 1220. The monoisotopic (exact) mass is 771 g/mol. The molecule has 0 saturated carbocycles. The van der Waals surface area contributed by atoms with Crippen LogP contribution in [0.15, 0.2) is 0 Å². The fourth-order valence-electron chi connectivity index (χ4n) is 9.02. The van der Waals surface area contributed by atoms with Crippen molar-refractivity contribution in [3.05, 3.63) is 0 Å². The predicted molar refractivity (Wildman–Crippen MR) is 205 cm³/mol. The molecule has 314 valence electrons. The number of likely N-dealkylation sites (N-methyl/N-ethyl adjacent to an activating group) is 2. The molecule has 3 aliphatic rings. The van der Waals surface area contributed by atoms with Crippen molar-refractivity contribution >= 4 is 5.97 Å². The molecule has 3 fully saturated rings. The van der Waals surface area contributed by atoms with Crippen LogP contribution in [0.25, 0.3) is 0 Å². The van der Waals surface area contributed by atoms with Gasteiger partial charge in [-0.2, -0.15) is 0 Å². The molecule has 0 unspecified atom stereocenters. The van der Waals surface area contributed by atoms with Crippen LogP contribution in [0.1, 0.15) is 101 Å². The third-order valence-electron chi connectivity index (χ3n) is 12.7. The zero-order chi connectivity index (χ0) is 40.9. The number of terminal acetylenes is 1. The van der Waals surface area contributed by atoms with E-state index in [1.807, 2.05) is 60.5 Å². The molecule has 4 N–H and O–H groups in total. The van der Waals surface area contributed by atoms with E-state index in [9.17, 15) is 25.2 Å². The van der Waals surface area contributed by atoms with E-state index in [0.717, 1.165) is 0 Å². The summed E-state index contributed by atoms with van der Waals surface area (Å²) in [5.74, 6) is 0.0881. The molecule has 13 nitrogen and oxygen atoms in total. The van der Waals surface area contributed by atoms with Gasteiger partial charge in [0.25, 0.3) is 0 Å². The van der Waals surface area contributed by atoms with Gasteiger partial charge in [-0.25, -0.2) is 0 Å². The van der Waals surface area contributed by atoms with Gasteiger partial charge in [0.2, 0.25) is 0 Å². The first kappa shape index (κ1) is 47.0. The van der Waals surface area contributed by atoms with E-state index in [2.05, 4.69) is 10.8 Å². The minimum atomic E-state index is -1.53. The first-order chi connectivity index (χ1) is 25.1. The summed E-state index contributed by atoms with van der Waals surface area (Å²) in [6.45, 7) is 19.7. The molecule has 0 aromatic rings. The van der Waals surface area contributed by atoms with Gasteiger partial charge in [-0.1, -0.05) is 27.7 Å². The standard InChI is InChI=1S/C41H74N2O11/c1-15-17-18-42(12)30-19-24(4)50-39(34(30)45)54-37-26(6)35(53-32-21-41(11,49-14)36(46)29(9)51-32)27(7)38(47)52-31(16-2)25(5)33(44)28(8)43(13)22-23(3)20-40(37,10)48/h1,23-37,39,44-46,48H,16-22H2,2-14H3/t23-,24-,25+,26+,27-,28-,29+,30+,31-,32+,33+,34-,35+,36+,37-,39+,40-,41-/m1/s1. The van der Waals surface area contributed by atoms with Gasteiger partial charge in [0.1, 0.15) is 18.3 Å². The van der Waals surface area contributed by atoms with Crippen molar-refractivity contribution in [1.29, 1.82) is 0 Å². The Kier molecular flexibility index (Phi) is 17.3. The summed E-state index contributed by atoms with van der Waals surface area (Å²) in [4.78, 5) is 18.3. The minimum absolute atomic E-state index is 0.0692. The molecule has 3 heterocycles. The van der Waals surface area contributed by atoms with Gasteiger partial charge < -0.3 is 53.7 Å². The van der Waals surface area contributed by atoms with E-state index in [-0.39, 0.29) is 42.9 Å². The van der Waals surface area contributed by atoms with E-state index in [4.69, 9.17) is 34.8 Å². The van der Waals surface area contributed by atoms with E-state index in [1.165, 1.54) is 7.11 Å². The molecule has 18 atom stereocenters. The summed E-state index contributed by atoms with van der Waals surface area (Å²) in [5, 5.41) is 46.8. The number of aliphatic hydroxyl groups is 4. The van der Waals surface area contributed by atoms with Gasteiger partial charge in [-0.05, 0) is 80.8 Å². The number of esters is 1. The molecule has 0 bridgehead atoms. The maximum Gasteiger partial charge on any atom is 0.311 e. The van der Waals surface area contributed by atoms with Crippen LogP contribution in [0.2, 0.25) is 0 Å². The van der Waals surface area contributed by atoms with Crippen LogP contribution >= 0.6 is 0 Å². The van der Waals surface area contributed by atoms with Gasteiger partial charge in [0, 0.05) is 57.0 Å². The van der Waals surface area contributed by atoms with Crippen molar-refractivity contribution in [2.24, 2.45) is 23.7 Å². The largest absolute Gasteiger partial charge is 0.462 e. The van der Waals surface area contributed by atoms with Crippen molar-refractivity contribution in [2.45, 2.75) is 186 Å². The lowest BCUT2D eigenvalue weighted by Crippen LogP contribution is -2.60. The molecule has 0 aromatic heterocycles. The summed E-state index contributed by atoms with van der Waals surface area (Å²) in [7, 11) is 5.39. The highest BCUT2D eigenvalue weighted by Crippen LogP contribution is 2.40. The average molecular weight is 771 g/mol. The Balaban J connectivity index is 2.15. The van der Waals surface area contributed by atoms with E-state index >= 15 is 0 Å². The van der Waals surface area contributed by atoms with Crippen LogP contribution in [-0.4, -0.2) is 155 Å². The van der Waals surface area contributed by atoms with Gasteiger partial charge in [-0.15, -0.1) is 12.3 Å². The lowest BCUT2D eigenvalue weighted by atomic mass is 9.77. The van der Waals surface area contributed by atoms with Gasteiger partial charge >= 0.3 is 5.97 Å². The zero-order valence-corrected chi connectivity index (χ0v) is 35.3. The molecule has 3 aliphatic heterocycles. The number of aliphatic hydroxyl groups excluding tert-OH is 3. The fourth-order valence-corrected chi connectivity index (χ4v) is 9.02. The average Bonchev–Trinajstić information content (AvgIpc) is 3.11. The molecule has 0 aliphatic carbocycles. The zero-order valence-electron chi connectivity index (χ0n) is 35.3. The third-order valence-corrected chi connectivity index (χ3v) is 12.7. The number of nitrogens with zero attached hydrogens (tertiary/aromatic N) is 2. The molecule has 54 heavy (non-hydrogen) atoms. The highest BCUT2D eigenvalue weighted by atomic mass is 16.7. The van der Waals surface area contributed by atoms with Crippen LogP contribution in [0.3, 0.4) is 0 Å². The van der Waals surface area contributed by atoms with E-state index in [1.54, 1.807) is 27.7 Å². The van der Waals surface area contributed by atoms with Crippen molar-refractivity contribution in [3.63, 3.8) is 0 Å². The summed E-state index contributed by atoms with van der Waals surface area (Å²) in [5.41, 5.74) is -2.52. The van der Waals surface area contributed by atoms with Crippen molar-refractivity contribution in [1.82, 2.24) is 9.80 Å². The number of hydrogen-bond donors (Lipinski definition) is 4. The van der Waals surface area contributed by atoms with E-state index in [0.29, 0.717) is 32.4 Å². The SMILES string of the molecule is C#CCCN(C)[C@H]1C[C@@H](C)O[C@@H](O[C@@H]2[C@@H](C)[C@H](O[C@H]3C[C@@](C)(OC)[C@@H](O)[C@H](C)O3)[C@@H](C)C(=O)O[C@H](CC)[C@H](C)[C@H](O)[C@@H](C)N(C)C[C@H](C)C[C@@]2(C)O)[C@@H]1O. The molecule has 0 aromatic carbocycles. The summed E-state index contributed by atoms with van der Waals surface area (Å²) in [6.07, 6.45) is -0.724. The second kappa shape index (κ2) is 19.8. The van der Waals surface area contributed by atoms with Gasteiger partial charge in [0.15, 0.2) is 12.6 Å². The van der Waals surface area contributed by atoms with Crippen molar-refractivity contribution in [2.75, 3.05) is 34.3 Å². The number of carbonyl (C=O) groups excluding carboxylic acids is 1. The number of rotatable bonds is 9. The Labute approximate surface area is 325 Å². The first-order valence-corrected chi connectivity index (χ1v) is 20.1. The Morgan fingerprint density at radius 2 is 1.65 bits per heavy atom. The number of ether oxygens (including phenoxy) is 6. The van der Waals surface area contributed by atoms with E-state index < -0.39 is 84.3 Å². The normalized spacial score (nSPS) is 46.6. The second-order valence-corrected chi connectivity index (χ2v) is 17.4. The first-order valence-electron chi connectivity index (χ1n) is 20.1. The maximum absolute atomic E-state index is 14.2. The lowest BCUT2D eigenvalue weighted by Gasteiger charge is -2.49. The molecular formula is C41H74N2O11. The molecule has 13 heteroatoms. The number of carbonyl (C=O) groups is 1. The number of hydrogen-bond acceptors (Lipinski definition) is 13. The molecule has 3 saturated heterocycles. The predicted octanol–water partition coefficient (Wildman–Crippen LogP) is 3.18. The fraction of sp³-hybridized carbons (Fsp3) is 0.927. The van der Waals surface area contributed by atoms with Crippen molar-refractivity contribution < 1.29 is 53.6 Å². The van der Waals surface area contributed by atoms with Crippen LogP contribution < -0.4 is 0 Å². The van der Waals surface area contributed by atoms with Crippen LogP contribution in [-0.2, 0) is 33.2 Å². The molecule has 3 rings (SSSR count). The van der Waals surface area contributed by atoms with Crippen LogP contribution in [0, 0.1) is 36.0 Å². The van der Waals surface area contributed by atoms with Gasteiger partial charge in [0.05, 0.1) is 47.6 Å². The Hall–Kier alpha value is -1.41. The smallest absolute Gasteiger partial charge is 0.311 e. The number of cyclic esters (lactones) is 1. The molecular weight excluding hydrogens is 696 g/mol. The molecule has 0 spiro atoms. The Morgan fingerprint density at radius 1 is 1.00 bits per heavy atom. The molecule has 0 radical (unpaired) electrons. The van der Waals surface area contributed by atoms with Crippen LogP contribution in [0.4, 0.5) is 0 Å². The van der Waals surface area contributed by atoms with Gasteiger partial charge in [-0.3, -0.25) is 9.69 Å². The summed E-state index contributed by atoms with van der Waals surface area (Å²) >= 11 is 0. The number of methoxy groups -OCH3 is 1. The highest BCUT2D eigenvalue weighted by molar-refractivity contribution is 5.73. The van der Waals surface area contributed by atoms with Crippen LogP contribution in [0.5, 0.6) is 0 Å². The Morgan fingerprint density at radius 3 is 2.24 bits per heavy atom. The minimum Gasteiger partial charge on any atom is -0.462 e. The topological polar surface area (TPSA) is 160 Å². The summed E-state index contributed by atoms with van der Waals surface area (Å²) < 4.78 is 38.0. The van der Waals surface area contributed by atoms with Crippen molar-refractivity contribution in [3.8, 4) is 12.3 Å². The quantitative estimate of drug-likeness (QED) is 0.200. The highest BCUT2D eigenvalue weighted by Gasteiger charge is 2.51.